The van der Waals surface area contributed by atoms with E-state index in [-0.39, 0.29) is 12.1 Å². The van der Waals surface area contributed by atoms with Gasteiger partial charge in [-0.15, -0.1) is 0 Å². The summed E-state index contributed by atoms with van der Waals surface area (Å²) in [5.41, 5.74) is 2.60. The number of rotatable bonds is 2. The number of amides is 2. The van der Waals surface area contributed by atoms with E-state index in [0.29, 0.717) is 17.9 Å². The van der Waals surface area contributed by atoms with E-state index in [9.17, 15) is 4.79 Å². The number of pyridine rings is 1. The van der Waals surface area contributed by atoms with Crippen LogP contribution in [0.4, 0.5) is 10.5 Å². The molecule has 0 spiro atoms. The fourth-order valence-corrected chi connectivity index (χ4v) is 2.69. The molecule has 1 aromatic carbocycles. The summed E-state index contributed by atoms with van der Waals surface area (Å²) in [6.45, 7) is 1.90. The zero-order valence-corrected chi connectivity index (χ0v) is 12.4. The molecule has 1 fully saturated rings. The van der Waals surface area contributed by atoms with E-state index in [1.807, 2.05) is 49.4 Å². The second kappa shape index (κ2) is 5.97. The van der Waals surface area contributed by atoms with Gasteiger partial charge in [-0.05, 0) is 31.0 Å². The maximum Gasteiger partial charge on any atom is 0.327 e. The first-order chi connectivity index (χ1) is 10.6. The lowest BCUT2D eigenvalue weighted by molar-refractivity contribution is 0.225. The van der Waals surface area contributed by atoms with Crippen LogP contribution in [0.2, 0.25) is 0 Å². The summed E-state index contributed by atoms with van der Waals surface area (Å²) in [7, 11) is 0. The molecule has 112 valence electrons. The highest BCUT2D eigenvalue weighted by Crippen LogP contribution is 2.33. The summed E-state index contributed by atoms with van der Waals surface area (Å²) < 4.78 is 0. The molecule has 0 radical (unpaired) electrons. The molecular formula is C17H18N4O. The number of carbonyl (C=O) groups is 1. The molecule has 0 aliphatic carbocycles. The summed E-state index contributed by atoms with van der Waals surface area (Å²) in [5.74, 6) is 0.353. The molecule has 0 bridgehead atoms. The number of benzene rings is 1. The van der Waals surface area contributed by atoms with Gasteiger partial charge in [0.25, 0.3) is 0 Å². The molecular weight excluding hydrogens is 276 g/mol. The van der Waals surface area contributed by atoms with Crippen LogP contribution in [0.25, 0.3) is 0 Å². The van der Waals surface area contributed by atoms with Gasteiger partial charge in [0.05, 0.1) is 17.9 Å². The molecule has 1 saturated heterocycles. The maximum absolute atomic E-state index is 12.5. The largest absolute Gasteiger partial charge is 0.327 e. The van der Waals surface area contributed by atoms with Crippen molar-refractivity contribution in [3.63, 3.8) is 0 Å². The average Bonchev–Trinajstić information content (AvgIpc) is 2.92. The Morgan fingerprint density at radius 3 is 2.73 bits per heavy atom. The van der Waals surface area contributed by atoms with Crippen molar-refractivity contribution in [2.45, 2.75) is 25.8 Å². The number of aryl methyl sites for hydroxylation is 1. The van der Waals surface area contributed by atoms with E-state index in [1.54, 1.807) is 6.20 Å². The molecule has 2 N–H and O–H groups in total. The Kier molecular flexibility index (Phi) is 3.87. The first kappa shape index (κ1) is 14.3. The number of urea groups is 1. The smallest absolute Gasteiger partial charge is 0.306 e. The second-order valence-corrected chi connectivity index (χ2v) is 5.40. The van der Waals surface area contributed by atoms with E-state index in [1.165, 1.54) is 4.90 Å². The van der Waals surface area contributed by atoms with E-state index < -0.39 is 0 Å². The predicted octanol–water partition coefficient (Wildman–Crippen LogP) is 3.74. The molecule has 2 heterocycles. The van der Waals surface area contributed by atoms with Crippen LogP contribution in [0.1, 0.15) is 30.1 Å². The molecule has 5 heteroatoms. The summed E-state index contributed by atoms with van der Waals surface area (Å²) in [6.07, 6.45) is 3.02. The summed E-state index contributed by atoms with van der Waals surface area (Å²) >= 11 is 0. The third-order valence-corrected chi connectivity index (χ3v) is 3.82. The first-order valence-electron chi connectivity index (χ1n) is 7.30. The fraction of sp³-hybridized carbons (Fsp3) is 0.235. The standard InChI is InChI=1S/C17H18N4O/c1-12-7-8-14(11-19-12)20-17(22)21-15(9-10-16(21)18)13-5-3-2-4-6-13/h2-8,11,15,18H,9-10H2,1H3,(H,20,22). The third-order valence-electron chi connectivity index (χ3n) is 3.82. The highest BCUT2D eigenvalue weighted by molar-refractivity contribution is 6.03. The molecule has 0 saturated carbocycles. The van der Waals surface area contributed by atoms with E-state index in [2.05, 4.69) is 10.3 Å². The molecule has 5 nitrogen and oxygen atoms in total. The van der Waals surface area contributed by atoms with Gasteiger partial charge in [-0.1, -0.05) is 30.3 Å². The number of nitrogens with one attached hydrogen (secondary N) is 2. The number of hydrogen-bond acceptors (Lipinski definition) is 3. The number of amidine groups is 1. The van der Waals surface area contributed by atoms with Crippen molar-refractivity contribution in [1.29, 1.82) is 5.41 Å². The second-order valence-electron chi connectivity index (χ2n) is 5.40. The topological polar surface area (TPSA) is 69.1 Å². The van der Waals surface area contributed by atoms with Crippen LogP contribution < -0.4 is 5.32 Å². The number of hydrogen-bond donors (Lipinski definition) is 2. The predicted molar refractivity (Wildman–Crippen MR) is 86.0 cm³/mol. The number of likely N-dealkylation sites (tertiary alicyclic amines) is 1. The van der Waals surface area contributed by atoms with Crippen LogP contribution in [-0.2, 0) is 0 Å². The van der Waals surface area contributed by atoms with E-state index in [0.717, 1.165) is 17.7 Å². The van der Waals surface area contributed by atoms with Gasteiger partial charge >= 0.3 is 6.03 Å². The minimum absolute atomic E-state index is 0.0768. The number of nitrogens with zero attached hydrogens (tertiary/aromatic N) is 2. The molecule has 1 unspecified atom stereocenters. The van der Waals surface area contributed by atoms with Gasteiger partial charge in [0, 0.05) is 12.1 Å². The summed E-state index contributed by atoms with van der Waals surface area (Å²) in [4.78, 5) is 18.2. The average molecular weight is 294 g/mol. The van der Waals surface area contributed by atoms with Crippen molar-refractivity contribution in [2.75, 3.05) is 5.32 Å². The molecule has 22 heavy (non-hydrogen) atoms. The number of aromatic nitrogens is 1. The molecule has 1 aliphatic heterocycles. The summed E-state index contributed by atoms with van der Waals surface area (Å²) in [6, 6.07) is 13.2. The molecule has 2 amide bonds. The lowest BCUT2D eigenvalue weighted by Gasteiger charge is -2.25. The van der Waals surface area contributed by atoms with Crippen LogP contribution in [0.15, 0.2) is 48.7 Å². The van der Waals surface area contributed by atoms with Crippen molar-refractivity contribution in [1.82, 2.24) is 9.88 Å². The van der Waals surface area contributed by atoms with Gasteiger partial charge in [0.15, 0.2) is 0 Å². The van der Waals surface area contributed by atoms with Crippen molar-refractivity contribution in [3.05, 3.63) is 59.9 Å². The lowest BCUT2D eigenvalue weighted by Crippen LogP contribution is -2.37. The van der Waals surface area contributed by atoms with Gasteiger partial charge in [0.1, 0.15) is 5.84 Å². The number of carbonyl (C=O) groups excluding carboxylic acids is 1. The van der Waals surface area contributed by atoms with E-state index in [4.69, 9.17) is 5.41 Å². The normalized spacial score (nSPS) is 17.6. The Hall–Kier alpha value is -2.69. The van der Waals surface area contributed by atoms with Gasteiger partial charge in [-0.25, -0.2) is 4.79 Å². The van der Waals surface area contributed by atoms with Crippen LogP contribution in [0.3, 0.4) is 0 Å². The van der Waals surface area contributed by atoms with Gasteiger partial charge in [-0.3, -0.25) is 15.3 Å². The van der Waals surface area contributed by atoms with Gasteiger partial charge in [0.2, 0.25) is 0 Å². The van der Waals surface area contributed by atoms with Crippen LogP contribution in [0, 0.1) is 12.3 Å². The van der Waals surface area contributed by atoms with E-state index >= 15 is 0 Å². The van der Waals surface area contributed by atoms with Crippen molar-refractivity contribution < 1.29 is 4.79 Å². The zero-order chi connectivity index (χ0) is 15.5. The highest BCUT2D eigenvalue weighted by atomic mass is 16.2. The quantitative estimate of drug-likeness (QED) is 0.886. The van der Waals surface area contributed by atoms with Crippen molar-refractivity contribution in [2.24, 2.45) is 0 Å². The molecule has 1 atom stereocenters. The summed E-state index contributed by atoms with van der Waals surface area (Å²) in [5, 5.41) is 10.9. The molecule has 3 rings (SSSR count). The first-order valence-corrected chi connectivity index (χ1v) is 7.30. The molecule has 1 aliphatic rings. The molecule has 1 aromatic heterocycles. The Morgan fingerprint density at radius 1 is 1.27 bits per heavy atom. The van der Waals surface area contributed by atoms with Crippen LogP contribution in [-0.4, -0.2) is 21.8 Å². The Morgan fingerprint density at radius 2 is 2.05 bits per heavy atom. The number of anilines is 1. The monoisotopic (exact) mass is 294 g/mol. The SMILES string of the molecule is Cc1ccc(NC(=O)N2C(=N)CCC2c2ccccc2)cn1. The Bertz CT molecular complexity index is 682. The van der Waals surface area contributed by atoms with Crippen LogP contribution in [0.5, 0.6) is 0 Å². The fourth-order valence-electron chi connectivity index (χ4n) is 2.69. The van der Waals surface area contributed by atoms with Gasteiger partial charge in [-0.2, -0.15) is 0 Å². The highest BCUT2D eigenvalue weighted by Gasteiger charge is 2.34. The molecule has 2 aromatic rings. The van der Waals surface area contributed by atoms with Crippen molar-refractivity contribution >= 4 is 17.6 Å². The maximum atomic E-state index is 12.5. The third kappa shape index (κ3) is 2.83. The zero-order valence-electron chi connectivity index (χ0n) is 12.4. The minimum atomic E-state index is -0.276. The lowest BCUT2D eigenvalue weighted by atomic mass is 10.1. The Balaban J connectivity index is 1.80. The van der Waals surface area contributed by atoms with Crippen LogP contribution >= 0.6 is 0 Å². The van der Waals surface area contributed by atoms with Gasteiger partial charge < -0.3 is 5.32 Å². The van der Waals surface area contributed by atoms with Crippen molar-refractivity contribution in [3.8, 4) is 0 Å². The minimum Gasteiger partial charge on any atom is -0.306 e. The Labute approximate surface area is 129 Å².